The van der Waals surface area contributed by atoms with Crippen LogP contribution in [0.2, 0.25) is 0 Å². The maximum Gasteiger partial charge on any atom is 0.255 e. The van der Waals surface area contributed by atoms with Crippen molar-refractivity contribution >= 4 is 16.8 Å². The maximum absolute atomic E-state index is 13.1. The number of aromatic nitrogens is 1. The number of rotatable bonds is 6. The third kappa shape index (κ3) is 4.80. The maximum atomic E-state index is 13.1. The van der Waals surface area contributed by atoms with Crippen LogP contribution in [-0.2, 0) is 12.8 Å². The highest BCUT2D eigenvalue weighted by Crippen LogP contribution is 2.32. The molecule has 1 amide bonds. The first kappa shape index (κ1) is 22.9. The Labute approximate surface area is 202 Å². The molecule has 5 rings (SSSR count). The summed E-state index contributed by atoms with van der Waals surface area (Å²) in [6, 6.07) is 16.4. The molecule has 1 aromatic heterocycles. The van der Waals surface area contributed by atoms with E-state index in [4.69, 9.17) is 0 Å². The van der Waals surface area contributed by atoms with Gasteiger partial charge in [-0.2, -0.15) is 0 Å². The van der Waals surface area contributed by atoms with Crippen LogP contribution in [0.3, 0.4) is 0 Å². The van der Waals surface area contributed by atoms with Crippen molar-refractivity contribution in [3.8, 4) is 5.75 Å². The van der Waals surface area contributed by atoms with Gasteiger partial charge in [-0.1, -0.05) is 37.3 Å². The Kier molecular flexibility index (Phi) is 6.82. The van der Waals surface area contributed by atoms with Gasteiger partial charge in [-0.15, -0.1) is 0 Å². The van der Waals surface area contributed by atoms with Crippen molar-refractivity contribution in [1.29, 1.82) is 0 Å². The average molecular weight is 458 g/mol. The number of likely N-dealkylation sites (tertiary alicyclic amines) is 1. The topological polar surface area (TPSA) is 56.7 Å². The second kappa shape index (κ2) is 10.1. The normalized spacial score (nSPS) is 18.9. The van der Waals surface area contributed by atoms with Crippen molar-refractivity contribution in [2.24, 2.45) is 5.92 Å². The first-order valence-electron chi connectivity index (χ1n) is 12.8. The highest BCUT2D eigenvalue weighted by molar-refractivity contribution is 5.97. The molecule has 5 heteroatoms. The first-order valence-corrected chi connectivity index (χ1v) is 12.8. The quantitative estimate of drug-likeness (QED) is 0.562. The molecule has 1 N–H and O–H groups in total. The fourth-order valence-corrected chi connectivity index (χ4v) is 5.81. The van der Waals surface area contributed by atoms with Gasteiger partial charge in [-0.3, -0.25) is 14.7 Å². The molecule has 2 aromatic carbocycles. The molecule has 0 bridgehead atoms. The molecule has 2 heterocycles. The summed E-state index contributed by atoms with van der Waals surface area (Å²) in [7, 11) is 0. The van der Waals surface area contributed by atoms with Crippen LogP contribution in [0.15, 0.2) is 54.7 Å². The number of aromatic hydroxyl groups is 1. The van der Waals surface area contributed by atoms with E-state index in [1.807, 2.05) is 47.4 Å². The molecule has 1 aliphatic heterocycles. The van der Waals surface area contributed by atoms with E-state index in [2.05, 4.69) is 22.9 Å². The Morgan fingerprint density at radius 3 is 2.76 bits per heavy atom. The van der Waals surface area contributed by atoms with Gasteiger partial charge in [0.2, 0.25) is 0 Å². The van der Waals surface area contributed by atoms with Gasteiger partial charge >= 0.3 is 0 Å². The minimum Gasteiger partial charge on any atom is -0.508 e. The van der Waals surface area contributed by atoms with Crippen LogP contribution in [0, 0.1) is 5.92 Å². The molecule has 1 unspecified atom stereocenters. The van der Waals surface area contributed by atoms with Crippen LogP contribution < -0.4 is 0 Å². The standard InChI is InChI=1S/C29H35N3O2/c1-2-14-32(25-10-11-26-22(18-25)7-5-9-28(26)33)20-21-12-15-31(16-13-21)29(34)24-17-23-6-3-4-8-27(23)30-19-24/h3-9,17,19,21,25,33H,2,10-16,18,20H2,1H3. The predicted octanol–water partition coefficient (Wildman–Crippen LogP) is 5.06. The largest absolute Gasteiger partial charge is 0.508 e. The van der Waals surface area contributed by atoms with Crippen molar-refractivity contribution in [2.45, 2.75) is 51.5 Å². The summed E-state index contributed by atoms with van der Waals surface area (Å²) in [5.74, 6) is 1.18. The van der Waals surface area contributed by atoms with E-state index in [0.29, 0.717) is 23.3 Å². The Hall–Kier alpha value is -2.92. The van der Waals surface area contributed by atoms with Crippen LogP contribution >= 0.6 is 0 Å². The summed E-state index contributed by atoms with van der Waals surface area (Å²) in [6.07, 6.45) is 8.06. The number of benzene rings is 2. The summed E-state index contributed by atoms with van der Waals surface area (Å²) < 4.78 is 0. The zero-order chi connectivity index (χ0) is 23.5. The number of piperidine rings is 1. The lowest BCUT2D eigenvalue weighted by molar-refractivity contribution is 0.0642. The summed E-state index contributed by atoms with van der Waals surface area (Å²) in [4.78, 5) is 22.3. The lowest BCUT2D eigenvalue weighted by atomic mass is 9.86. The smallest absolute Gasteiger partial charge is 0.255 e. The number of pyridine rings is 1. The first-order chi connectivity index (χ1) is 16.6. The van der Waals surface area contributed by atoms with Crippen LogP contribution in [0.25, 0.3) is 10.9 Å². The Balaban J connectivity index is 1.19. The van der Waals surface area contributed by atoms with Gasteiger partial charge in [0.1, 0.15) is 5.75 Å². The zero-order valence-corrected chi connectivity index (χ0v) is 20.1. The van der Waals surface area contributed by atoms with Crippen LogP contribution in [0.1, 0.15) is 54.1 Å². The second-order valence-electron chi connectivity index (χ2n) is 9.96. The Morgan fingerprint density at radius 1 is 1.12 bits per heavy atom. The second-order valence-corrected chi connectivity index (χ2v) is 9.96. The minimum atomic E-state index is 0.103. The molecular formula is C29H35N3O2. The van der Waals surface area contributed by atoms with E-state index in [-0.39, 0.29) is 5.91 Å². The molecule has 0 saturated carbocycles. The SMILES string of the molecule is CCCN(CC1CCN(C(=O)c2cnc3ccccc3c2)CC1)C1CCc2c(O)cccc2C1. The fourth-order valence-electron chi connectivity index (χ4n) is 5.81. The monoisotopic (exact) mass is 457 g/mol. The third-order valence-corrected chi connectivity index (χ3v) is 7.69. The molecule has 1 atom stereocenters. The van der Waals surface area contributed by atoms with E-state index in [1.165, 1.54) is 5.56 Å². The van der Waals surface area contributed by atoms with Crippen LogP contribution in [0.4, 0.5) is 0 Å². The Bertz CT molecular complexity index is 1150. The van der Waals surface area contributed by atoms with Crippen LogP contribution in [0.5, 0.6) is 5.75 Å². The number of carbonyl (C=O) groups is 1. The molecule has 5 nitrogen and oxygen atoms in total. The lowest BCUT2D eigenvalue weighted by Gasteiger charge is -2.39. The molecule has 178 valence electrons. The van der Waals surface area contributed by atoms with E-state index < -0.39 is 0 Å². The summed E-state index contributed by atoms with van der Waals surface area (Å²) in [5, 5.41) is 11.2. The molecule has 1 aliphatic carbocycles. The lowest BCUT2D eigenvalue weighted by Crippen LogP contribution is -2.46. The number of nitrogens with zero attached hydrogens (tertiary/aromatic N) is 3. The molecule has 2 aliphatic rings. The molecular weight excluding hydrogens is 422 g/mol. The van der Waals surface area contributed by atoms with E-state index in [9.17, 15) is 9.90 Å². The van der Waals surface area contributed by atoms with Crippen molar-refractivity contribution in [3.63, 3.8) is 0 Å². The Morgan fingerprint density at radius 2 is 1.94 bits per heavy atom. The van der Waals surface area contributed by atoms with Crippen molar-refractivity contribution in [2.75, 3.05) is 26.2 Å². The third-order valence-electron chi connectivity index (χ3n) is 7.69. The van der Waals surface area contributed by atoms with E-state index >= 15 is 0 Å². The van der Waals surface area contributed by atoms with Crippen molar-refractivity contribution in [1.82, 2.24) is 14.8 Å². The van der Waals surface area contributed by atoms with Gasteiger partial charge in [0, 0.05) is 37.3 Å². The number of carbonyl (C=O) groups excluding carboxylic acids is 1. The molecule has 0 radical (unpaired) electrons. The highest BCUT2D eigenvalue weighted by atomic mass is 16.3. The number of phenols is 1. The molecule has 1 saturated heterocycles. The van der Waals surface area contributed by atoms with Gasteiger partial charge in [-0.05, 0) is 80.3 Å². The minimum absolute atomic E-state index is 0.103. The van der Waals surface area contributed by atoms with E-state index in [1.54, 1.807) is 6.20 Å². The number of hydrogen-bond donors (Lipinski definition) is 1. The summed E-state index contributed by atoms with van der Waals surface area (Å²) in [6.45, 7) is 6.11. The average Bonchev–Trinajstić information content (AvgIpc) is 2.88. The van der Waals surface area contributed by atoms with Gasteiger partial charge < -0.3 is 10.0 Å². The van der Waals surface area contributed by atoms with Crippen molar-refractivity contribution in [3.05, 3.63) is 71.4 Å². The summed E-state index contributed by atoms with van der Waals surface area (Å²) in [5.41, 5.74) is 4.06. The summed E-state index contributed by atoms with van der Waals surface area (Å²) >= 11 is 0. The predicted molar refractivity (Wildman–Crippen MR) is 136 cm³/mol. The fraction of sp³-hybridized carbons (Fsp3) is 0.448. The number of para-hydroxylation sites is 1. The number of hydrogen-bond acceptors (Lipinski definition) is 4. The number of phenolic OH excluding ortho intramolecular Hbond substituents is 1. The van der Waals surface area contributed by atoms with Crippen LogP contribution in [-0.4, -0.2) is 58.0 Å². The highest BCUT2D eigenvalue weighted by Gasteiger charge is 2.29. The van der Waals surface area contributed by atoms with E-state index in [0.717, 1.165) is 81.2 Å². The number of amides is 1. The van der Waals surface area contributed by atoms with Gasteiger partial charge in [0.15, 0.2) is 0 Å². The number of fused-ring (bicyclic) bond motifs is 2. The van der Waals surface area contributed by atoms with Crippen molar-refractivity contribution < 1.29 is 9.90 Å². The van der Waals surface area contributed by atoms with Gasteiger partial charge in [0.25, 0.3) is 5.91 Å². The van der Waals surface area contributed by atoms with Gasteiger partial charge in [-0.25, -0.2) is 0 Å². The molecule has 3 aromatic rings. The van der Waals surface area contributed by atoms with Gasteiger partial charge in [0.05, 0.1) is 11.1 Å². The zero-order valence-electron chi connectivity index (χ0n) is 20.1. The molecule has 34 heavy (non-hydrogen) atoms. The molecule has 0 spiro atoms. The molecule has 1 fully saturated rings.